The molecule has 0 atom stereocenters. The van der Waals surface area contributed by atoms with Gasteiger partial charge in [-0.3, -0.25) is 4.99 Å². The fraction of sp³-hybridized carbons (Fsp3) is 0.389. The Labute approximate surface area is 177 Å². The number of nitrogens with one attached hydrogen (secondary N) is 2. The van der Waals surface area contributed by atoms with Crippen LogP contribution in [0.5, 0.6) is 0 Å². The molecule has 0 bridgehead atoms. The first-order chi connectivity index (χ1) is 11.8. The Bertz CT molecular complexity index is 861. The molecule has 0 aliphatic rings. The van der Waals surface area contributed by atoms with Crippen molar-refractivity contribution < 1.29 is 8.42 Å². The molecular formula is C18H26IN3O2S2. The van der Waals surface area contributed by atoms with E-state index in [0.29, 0.717) is 11.4 Å². The van der Waals surface area contributed by atoms with Gasteiger partial charge >= 0.3 is 0 Å². The first-order valence-corrected chi connectivity index (χ1v) is 10.9. The van der Waals surface area contributed by atoms with Gasteiger partial charge in [0.25, 0.3) is 0 Å². The van der Waals surface area contributed by atoms with Gasteiger partial charge < -0.3 is 10.6 Å². The fourth-order valence-electron chi connectivity index (χ4n) is 2.52. The largest absolute Gasteiger partial charge is 0.352 e. The fourth-order valence-corrected chi connectivity index (χ4v) is 4.38. The number of aliphatic imine (C=N–C) groups is 1. The maximum Gasteiger partial charge on any atom is 0.191 e. The van der Waals surface area contributed by atoms with Crippen molar-refractivity contribution >= 4 is 51.1 Å². The minimum Gasteiger partial charge on any atom is -0.352 e. The summed E-state index contributed by atoms with van der Waals surface area (Å²) in [5.74, 6) is 0.719. The van der Waals surface area contributed by atoms with E-state index in [9.17, 15) is 8.42 Å². The van der Waals surface area contributed by atoms with E-state index in [0.717, 1.165) is 30.1 Å². The Hall–Kier alpha value is -1.13. The van der Waals surface area contributed by atoms with Crippen molar-refractivity contribution in [2.45, 2.75) is 38.3 Å². The van der Waals surface area contributed by atoms with Crippen LogP contribution >= 0.6 is 35.3 Å². The second kappa shape index (κ2) is 10.3. The van der Waals surface area contributed by atoms with Gasteiger partial charge in [0.1, 0.15) is 0 Å². The lowest BCUT2D eigenvalue weighted by atomic mass is 10.1. The molecule has 1 heterocycles. The molecule has 8 heteroatoms. The third-order valence-corrected chi connectivity index (χ3v) is 6.30. The summed E-state index contributed by atoms with van der Waals surface area (Å²) in [6.45, 7) is 5.28. The number of sulfone groups is 1. The molecule has 2 N–H and O–H groups in total. The predicted molar refractivity (Wildman–Crippen MR) is 120 cm³/mol. The van der Waals surface area contributed by atoms with Gasteiger partial charge in [0.15, 0.2) is 15.8 Å². The van der Waals surface area contributed by atoms with Crippen LogP contribution in [0.2, 0.25) is 0 Å². The van der Waals surface area contributed by atoms with Gasteiger partial charge in [-0.2, -0.15) is 0 Å². The Morgan fingerprint density at radius 3 is 2.31 bits per heavy atom. The van der Waals surface area contributed by atoms with E-state index in [1.54, 1.807) is 24.5 Å². The van der Waals surface area contributed by atoms with Crippen LogP contribution in [0.15, 0.2) is 40.2 Å². The molecule has 2 aromatic rings. The normalized spacial score (nSPS) is 11.8. The highest BCUT2D eigenvalue weighted by Crippen LogP contribution is 2.17. The summed E-state index contributed by atoms with van der Waals surface area (Å²) in [7, 11) is -1.45. The maximum absolute atomic E-state index is 11.7. The lowest BCUT2D eigenvalue weighted by Crippen LogP contribution is -2.36. The second-order valence-corrected chi connectivity index (χ2v) is 9.11. The van der Waals surface area contributed by atoms with E-state index in [1.165, 1.54) is 16.0 Å². The van der Waals surface area contributed by atoms with Crippen LogP contribution in [0.1, 0.15) is 27.8 Å². The van der Waals surface area contributed by atoms with Gasteiger partial charge in [0, 0.05) is 29.6 Å². The molecule has 0 saturated carbocycles. The summed E-state index contributed by atoms with van der Waals surface area (Å²) in [6.07, 6.45) is 2.29. The van der Waals surface area contributed by atoms with E-state index in [1.807, 2.05) is 19.1 Å². The molecule has 0 amide bonds. The lowest BCUT2D eigenvalue weighted by molar-refractivity contribution is 0.601. The van der Waals surface area contributed by atoms with Crippen molar-refractivity contribution in [3.63, 3.8) is 0 Å². The molecule has 0 aliphatic heterocycles. The van der Waals surface area contributed by atoms with E-state index >= 15 is 0 Å². The molecule has 1 aromatic carbocycles. The van der Waals surface area contributed by atoms with Crippen LogP contribution in [0.4, 0.5) is 0 Å². The Kier molecular flexibility index (Phi) is 9.05. The first-order valence-electron chi connectivity index (χ1n) is 8.15. The van der Waals surface area contributed by atoms with Crippen LogP contribution in [0.3, 0.4) is 0 Å². The van der Waals surface area contributed by atoms with E-state index in [-0.39, 0.29) is 24.0 Å². The topological polar surface area (TPSA) is 70.6 Å². The summed E-state index contributed by atoms with van der Waals surface area (Å²) in [6, 6.07) is 9.68. The van der Waals surface area contributed by atoms with E-state index < -0.39 is 9.84 Å². The third kappa shape index (κ3) is 6.55. The molecule has 26 heavy (non-hydrogen) atoms. The molecule has 0 fully saturated rings. The van der Waals surface area contributed by atoms with Crippen LogP contribution in [-0.4, -0.2) is 27.7 Å². The number of benzene rings is 1. The van der Waals surface area contributed by atoms with Crippen LogP contribution in [0, 0.1) is 6.92 Å². The van der Waals surface area contributed by atoms with Gasteiger partial charge in [-0.1, -0.05) is 19.1 Å². The van der Waals surface area contributed by atoms with Crippen molar-refractivity contribution in [1.29, 1.82) is 0 Å². The molecule has 0 radical (unpaired) electrons. The number of rotatable bonds is 6. The zero-order valence-corrected chi connectivity index (χ0v) is 19.5. The highest BCUT2D eigenvalue weighted by molar-refractivity contribution is 14.0. The molecule has 5 nitrogen and oxygen atoms in total. The minimum absolute atomic E-state index is 0. The van der Waals surface area contributed by atoms with Crippen molar-refractivity contribution in [3.05, 3.63) is 51.2 Å². The summed E-state index contributed by atoms with van der Waals surface area (Å²) >= 11 is 1.80. The summed E-state index contributed by atoms with van der Waals surface area (Å²) in [5, 5.41) is 6.55. The van der Waals surface area contributed by atoms with Crippen LogP contribution in [-0.2, 0) is 29.3 Å². The highest BCUT2D eigenvalue weighted by atomic mass is 127. The van der Waals surface area contributed by atoms with E-state index in [2.05, 4.69) is 34.7 Å². The molecule has 2 rings (SSSR count). The van der Waals surface area contributed by atoms with E-state index in [4.69, 9.17) is 0 Å². The average Bonchev–Trinajstić information content (AvgIpc) is 3.02. The number of nitrogens with zero attached hydrogens (tertiary/aromatic N) is 1. The zero-order valence-electron chi connectivity index (χ0n) is 15.5. The average molecular weight is 507 g/mol. The maximum atomic E-state index is 11.7. The quantitative estimate of drug-likeness (QED) is 0.357. The second-order valence-electron chi connectivity index (χ2n) is 5.87. The van der Waals surface area contributed by atoms with Gasteiger partial charge in [0.05, 0.1) is 11.4 Å². The summed E-state index contributed by atoms with van der Waals surface area (Å²) in [4.78, 5) is 7.25. The third-order valence-electron chi connectivity index (χ3n) is 3.82. The smallest absolute Gasteiger partial charge is 0.191 e. The van der Waals surface area contributed by atoms with Crippen molar-refractivity contribution in [2.75, 3.05) is 13.3 Å². The number of aryl methyl sites for hydroxylation is 2. The highest BCUT2D eigenvalue weighted by Gasteiger charge is 2.11. The Balaban J connectivity index is 0.00000338. The van der Waals surface area contributed by atoms with Gasteiger partial charge in [-0.05, 0) is 42.7 Å². The SMILES string of the molecule is CCc1ccc(CNC(=NC)NCc2ccc(S(C)(=O)=O)c(C)c2)s1.I. The Morgan fingerprint density at radius 1 is 1.12 bits per heavy atom. The number of hydrogen-bond donors (Lipinski definition) is 2. The standard InChI is InChI=1S/C18H25N3O2S2.HI/c1-5-15-7-8-16(24-15)12-21-18(19-3)20-11-14-6-9-17(13(2)10-14)25(4,22)23;/h6-10H,5,11-12H2,1-4H3,(H2,19,20,21);1H. The molecule has 0 aliphatic carbocycles. The minimum atomic E-state index is -3.18. The van der Waals surface area contributed by atoms with Crippen LogP contribution < -0.4 is 10.6 Å². The monoisotopic (exact) mass is 507 g/mol. The molecule has 1 aromatic heterocycles. The molecule has 144 valence electrons. The Morgan fingerprint density at radius 2 is 1.77 bits per heavy atom. The number of guanidine groups is 1. The number of halogens is 1. The number of hydrogen-bond acceptors (Lipinski definition) is 4. The lowest BCUT2D eigenvalue weighted by Gasteiger charge is -2.12. The van der Waals surface area contributed by atoms with Crippen molar-refractivity contribution in [3.8, 4) is 0 Å². The van der Waals surface area contributed by atoms with Gasteiger partial charge in [-0.15, -0.1) is 35.3 Å². The molecule has 0 unspecified atom stereocenters. The molecule has 0 spiro atoms. The zero-order chi connectivity index (χ0) is 18.4. The number of thiophene rings is 1. The predicted octanol–water partition coefficient (Wildman–Crippen LogP) is 3.51. The summed E-state index contributed by atoms with van der Waals surface area (Å²) < 4.78 is 23.4. The van der Waals surface area contributed by atoms with Gasteiger partial charge in [0.2, 0.25) is 0 Å². The van der Waals surface area contributed by atoms with Crippen LogP contribution in [0.25, 0.3) is 0 Å². The van der Waals surface area contributed by atoms with Gasteiger partial charge in [-0.25, -0.2) is 8.42 Å². The summed E-state index contributed by atoms with van der Waals surface area (Å²) in [5.41, 5.74) is 1.77. The molecule has 0 saturated heterocycles. The molecular weight excluding hydrogens is 481 g/mol. The van der Waals surface area contributed by atoms with Crippen molar-refractivity contribution in [1.82, 2.24) is 10.6 Å². The first kappa shape index (κ1) is 22.9. The van der Waals surface area contributed by atoms with Crippen molar-refractivity contribution in [2.24, 2.45) is 4.99 Å².